The number of hydrogen-bond donors (Lipinski definition) is 1. The lowest BCUT2D eigenvalue weighted by Crippen LogP contribution is -2.54. The number of anilines is 1. The van der Waals surface area contributed by atoms with Crippen molar-refractivity contribution < 1.29 is 18.0 Å². The van der Waals surface area contributed by atoms with Gasteiger partial charge in [0.15, 0.2) is 0 Å². The average Bonchev–Trinajstić information content (AvgIpc) is 3.49. The monoisotopic (exact) mass is 595 g/mol. The lowest BCUT2D eigenvalue weighted by molar-refractivity contribution is -0.139. The quantitative estimate of drug-likeness (QED) is 0.289. The highest BCUT2D eigenvalue weighted by Crippen LogP contribution is 2.30. The van der Waals surface area contributed by atoms with Crippen molar-refractivity contribution >= 4 is 39.1 Å². The Morgan fingerprint density at radius 3 is 2.24 bits per heavy atom. The Bertz CT molecular complexity index is 1430. The molecule has 0 saturated heterocycles. The van der Waals surface area contributed by atoms with Gasteiger partial charge in [-0.25, -0.2) is 8.42 Å². The van der Waals surface area contributed by atoms with Crippen molar-refractivity contribution in [2.24, 2.45) is 0 Å². The van der Waals surface area contributed by atoms with Crippen LogP contribution in [0, 0.1) is 6.92 Å². The van der Waals surface area contributed by atoms with Gasteiger partial charge in [-0.3, -0.25) is 13.9 Å². The number of aryl methyl sites for hydroxylation is 1. The number of halogens is 1. The fraction of sp³-hybridized carbons (Fsp3) is 0.375. The SMILES string of the molecule is CCC(C(=O)NC1CCCC1)N(CCc1ccccc1)C(=O)CN(c1cc(Cl)ccc1C)S(=O)(=O)c1ccccc1. The number of benzene rings is 3. The summed E-state index contributed by atoms with van der Waals surface area (Å²) in [5.41, 5.74) is 2.00. The molecule has 218 valence electrons. The number of carbonyl (C=O) groups excluding carboxylic acids is 2. The zero-order valence-electron chi connectivity index (χ0n) is 23.6. The number of hydrogen-bond acceptors (Lipinski definition) is 4. The summed E-state index contributed by atoms with van der Waals surface area (Å²) in [5.74, 6) is -0.648. The summed E-state index contributed by atoms with van der Waals surface area (Å²) in [5, 5.41) is 3.50. The molecule has 1 aliphatic carbocycles. The molecule has 0 radical (unpaired) electrons. The van der Waals surface area contributed by atoms with Crippen molar-refractivity contribution in [3.05, 3.63) is 95.0 Å². The zero-order valence-corrected chi connectivity index (χ0v) is 25.2. The van der Waals surface area contributed by atoms with Crippen LogP contribution in [0.4, 0.5) is 5.69 Å². The summed E-state index contributed by atoms with van der Waals surface area (Å²) in [6.45, 7) is 3.45. The van der Waals surface area contributed by atoms with E-state index in [1.54, 1.807) is 48.2 Å². The molecule has 3 aromatic carbocycles. The topological polar surface area (TPSA) is 86.8 Å². The van der Waals surface area contributed by atoms with Crippen molar-refractivity contribution in [3.63, 3.8) is 0 Å². The maximum absolute atomic E-state index is 14.2. The molecule has 1 unspecified atom stereocenters. The van der Waals surface area contributed by atoms with E-state index in [0.29, 0.717) is 29.1 Å². The highest BCUT2D eigenvalue weighted by atomic mass is 35.5. The minimum absolute atomic E-state index is 0.0639. The van der Waals surface area contributed by atoms with E-state index in [9.17, 15) is 18.0 Å². The highest BCUT2D eigenvalue weighted by Gasteiger charge is 2.34. The first-order valence-electron chi connectivity index (χ1n) is 14.2. The third-order valence-corrected chi connectivity index (χ3v) is 9.63. The van der Waals surface area contributed by atoms with Gasteiger partial charge in [-0.1, -0.05) is 86.0 Å². The van der Waals surface area contributed by atoms with Gasteiger partial charge in [0.25, 0.3) is 10.0 Å². The molecule has 1 fully saturated rings. The first-order valence-corrected chi connectivity index (χ1v) is 16.0. The van der Waals surface area contributed by atoms with Crippen molar-refractivity contribution in [3.8, 4) is 0 Å². The predicted molar refractivity (Wildman–Crippen MR) is 163 cm³/mol. The van der Waals surface area contributed by atoms with E-state index >= 15 is 0 Å². The normalized spacial score (nSPS) is 14.4. The van der Waals surface area contributed by atoms with Crippen LogP contribution in [0.2, 0.25) is 5.02 Å². The van der Waals surface area contributed by atoms with E-state index in [4.69, 9.17) is 11.6 Å². The molecule has 9 heteroatoms. The molecule has 0 spiro atoms. The third kappa shape index (κ3) is 7.68. The highest BCUT2D eigenvalue weighted by molar-refractivity contribution is 7.92. The smallest absolute Gasteiger partial charge is 0.264 e. The van der Waals surface area contributed by atoms with Gasteiger partial charge >= 0.3 is 0 Å². The molecule has 4 rings (SSSR count). The van der Waals surface area contributed by atoms with Crippen LogP contribution in [0.25, 0.3) is 0 Å². The van der Waals surface area contributed by atoms with Crippen LogP contribution < -0.4 is 9.62 Å². The third-order valence-electron chi connectivity index (χ3n) is 7.62. The Balaban J connectivity index is 1.69. The molecule has 0 heterocycles. The fourth-order valence-corrected chi connectivity index (χ4v) is 7.01. The minimum atomic E-state index is -4.13. The second-order valence-electron chi connectivity index (χ2n) is 10.5. The fourth-order valence-electron chi connectivity index (χ4n) is 5.35. The first-order chi connectivity index (χ1) is 19.7. The van der Waals surface area contributed by atoms with Crippen LogP contribution in [0.15, 0.2) is 83.8 Å². The van der Waals surface area contributed by atoms with Crippen molar-refractivity contribution in [2.45, 2.75) is 69.4 Å². The first kappa shape index (κ1) is 30.6. The summed E-state index contributed by atoms with van der Waals surface area (Å²) in [6, 6.07) is 22.1. The van der Waals surface area contributed by atoms with Crippen LogP contribution in [-0.4, -0.2) is 50.3 Å². The Labute approximate surface area is 248 Å². The summed E-state index contributed by atoms with van der Waals surface area (Å²) >= 11 is 6.30. The van der Waals surface area contributed by atoms with Crippen molar-refractivity contribution in [1.82, 2.24) is 10.2 Å². The van der Waals surface area contributed by atoms with Gasteiger partial charge in [0.05, 0.1) is 10.6 Å². The van der Waals surface area contributed by atoms with Gasteiger partial charge in [0, 0.05) is 17.6 Å². The molecule has 0 bridgehead atoms. The van der Waals surface area contributed by atoms with Gasteiger partial charge in [0.2, 0.25) is 11.8 Å². The van der Waals surface area contributed by atoms with Crippen molar-refractivity contribution in [1.29, 1.82) is 0 Å². The summed E-state index contributed by atoms with van der Waals surface area (Å²) in [4.78, 5) is 29.3. The number of amides is 2. The number of nitrogens with zero attached hydrogens (tertiary/aromatic N) is 2. The molecular formula is C32H38ClN3O4S. The minimum Gasteiger partial charge on any atom is -0.352 e. The molecule has 1 N–H and O–H groups in total. The Kier molecular flexibility index (Phi) is 10.5. The van der Waals surface area contributed by atoms with E-state index < -0.39 is 28.5 Å². The lowest BCUT2D eigenvalue weighted by atomic mass is 10.1. The molecular weight excluding hydrogens is 558 g/mol. The lowest BCUT2D eigenvalue weighted by Gasteiger charge is -2.34. The molecule has 1 aliphatic rings. The molecule has 1 saturated carbocycles. The van der Waals surface area contributed by atoms with Gasteiger partial charge in [0.1, 0.15) is 12.6 Å². The number of rotatable bonds is 12. The average molecular weight is 596 g/mol. The number of carbonyl (C=O) groups is 2. The molecule has 2 amide bonds. The van der Waals surface area contributed by atoms with Crippen LogP contribution in [0.3, 0.4) is 0 Å². The summed E-state index contributed by atoms with van der Waals surface area (Å²) in [6.07, 6.45) is 4.93. The number of sulfonamides is 1. The van der Waals surface area contributed by atoms with Crippen LogP contribution >= 0.6 is 11.6 Å². The second-order valence-corrected chi connectivity index (χ2v) is 12.8. The van der Waals surface area contributed by atoms with E-state index in [-0.39, 0.29) is 23.4 Å². The van der Waals surface area contributed by atoms with E-state index in [0.717, 1.165) is 35.6 Å². The van der Waals surface area contributed by atoms with E-state index in [1.807, 2.05) is 37.3 Å². The molecule has 3 aromatic rings. The van der Waals surface area contributed by atoms with Gasteiger partial charge in [-0.15, -0.1) is 0 Å². The van der Waals surface area contributed by atoms with Crippen LogP contribution in [0.1, 0.15) is 50.2 Å². The Hall–Kier alpha value is -3.36. The molecule has 0 aliphatic heterocycles. The largest absolute Gasteiger partial charge is 0.352 e. The second kappa shape index (κ2) is 14.0. The standard InChI is InChI=1S/C32H38ClN3O4S/c1-3-29(32(38)34-27-14-10-11-15-27)35(21-20-25-12-6-4-7-13-25)31(37)23-36(30-22-26(33)19-18-24(30)2)41(39,40)28-16-8-5-9-17-28/h4-9,12-13,16-19,22,27,29H,3,10-11,14-15,20-21,23H2,1-2H3,(H,34,38). The number of nitrogens with one attached hydrogen (secondary N) is 1. The zero-order chi connectivity index (χ0) is 29.4. The molecule has 0 aromatic heterocycles. The van der Waals surface area contributed by atoms with Gasteiger partial charge in [-0.05, 0) is 68.0 Å². The Morgan fingerprint density at radius 1 is 0.976 bits per heavy atom. The molecule has 1 atom stereocenters. The van der Waals surface area contributed by atoms with Crippen LogP contribution in [0.5, 0.6) is 0 Å². The van der Waals surface area contributed by atoms with Crippen molar-refractivity contribution in [2.75, 3.05) is 17.4 Å². The predicted octanol–water partition coefficient (Wildman–Crippen LogP) is 5.75. The summed E-state index contributed by atoms with van der Waals surface area (Å²) < 4.78 is 29.1. The van der Waals surface area contributed by atoms with E-state index in [2.05, 4.69) is 5.32 Å². The van der Waals surface area contributed by atoms with E-state index in [1.165, 1.54) is 12.1 Å². The molecule has 7 nitrogen and oxygen atoms in total. The molecule has 41 heavy (non-hydrogen) atoms. The van der Waals surface area contributed by atoms with Gasteiger partial charge in [-0.2, -0.15) is 0 Å². The Morgan fingerprint density at radius 2 is 1.61 bits per heavy atom. The van der Waals surface area contributed by atoms with Gasteiger partial charge < -0.3 is 10.2 Å². The maximum atomic E-state index is 14.2. The maximum Gasteiger partial charge on any atom is 0.264 e. The van der Waals surface area contributed by atoms with Crippen LogP contribution in [-0.2, 0) is 26.0 Å². The summed E-state index contributed by atoms with van der Waals surface area (Å²) in [7, 11) is -4.13.